The van der Waals surface area contributed by atoms with Gasteiger partial charge in [0.1, 0.15) is 5.82 Å². The van der Waals surface area contributed by atoms with Crippen LogP contribution in [-0.2, 0) is 6.54 Å². The van der Waals surface area contributed by atoms with Crippen molar-refractivity contribution in [3.8, 4) is 0 Å². The van der Waals surface area contributed by atoms with Crippen LogP contribution >= 0.6 is 0 Å². The summed E-state index contributed by atoms with van der Waals surface area (Å²) in [7, 11) is 0. The van der Waals surface area contributed by atoms with Gasteiger partial charge in [0.25, 0.3) is 0 Å². The van der Waals surface area contributed by atoms with Gasteiger partial charge >= 0.3 is 5.97 Å². The van der Waals surface area contributed by atoms with Crippen LogP contribution in [-0.4, -0.2) is 17.6 Å². The number of aromatic carboxylic acids is 1. The zero-order valence-electron chi connectivity index (χ0n) is 9.58. The molecule has 2 rings (SSSR count). The Morgan fingerprint density at radius 3 is 2.82 bits per heavy atom. The molecule has 0 saturated heterocycles. The van der Waals surface area contributed by atoms with Gasteiger partial charge in [0.05, 0.1) is 5.56 Å². The van der Waals surface area contributed by atoms with Crippen LogP contribution < -0.4 is 5.32 Å². The smallest absolute Gasteiger partial charge is 0.335 e. The molecular weight excluding hydrogens is 221 g/mol. The van der Waals surface area contributed by atoms with Crippen LogP contribution in [0.15, 0.2) is 18.2 Å². The monoisotopic (exact) mass is 237 g/mol. The lowest BCUT2D eigenvalue weighted by Crippen LogP contribution is -2.27. The van der Waals surface area contributed by atoms with E-state index in [0.717, 1.165) is 6.54 Å². The van der Waals surface area contributed by atoms with Crippen LogP contribution in [0.1, 0.15) is 35.2 Å². The van der Waals surface area contributed by atoms with Crippen molar-refractivity contribution in [2.24, 2.45) is 5.92 Å². The molecule has 1 aliphatic carbocycles. The molecule has 17 heavy (non-hydrogen) atoms. The standard InChI is InChI=1S/C13H16FNO2/c14-12-5-4-10(13(16)17)6-11(12)8-15-7-9-2-1-3-9/h4-6,9,15H,1-3,7-8H2,(H,16,17). The number of hydrogen-bond donors (Lipinski definition) is 2. The van der Waals surface area contributed by atoms with E-state index in [0.29, 0.717) is 18.0 Å². The molecule has 0 amide bonds. The minimum atomic E-state index is -1.02. The number of benzene rings is 1. The zero-order valence-corrected chi connectivity index (χ0v) is 9.58. The van der Waals surface area contributed by atoms with Gasteiger partial charge in [-0.1, -0.05) is 6.42 Å². The summed E-state index contributed by atoms with van der Waals surface area (Å²) in [4.78, 5) is 10.8. The number of carboxylic acid groups (broad SMARTS) is 1. The minimum absolute atomic E-state index is 0.131. The molecule has 0 radical (unpaired) electrons. The molecule has 0 aromatic heterocycles. The number of nitrogens with one attached hydrogen (secondary N) is 1. The van der Waals surface area contributed by atoms with Crippen molar-refractivity contribution >= 4 is 5.97 Å². The molecule has 1 fully saturated rings. The topological polar surface area (TPSA) is 49.3 Å². The van der Waals surface area contributed by atoms with E-state index in [1.54, 1.807) is 0 Å². The largest absolute Gasteiger partial charge is 0.478 e. The minimum Gasteiger partial charge on any atom is -0.478 e. The fourth-order valence-corrected chi connectivity index (χ4v) is 1.95. The van der Waals surface area contributed by atoms with Crippen LogP contribution in [0.25, 0.3) is 0 Å². The zero-order chi connectivity index (χ0) is 12.3. The number of rotatable bonds is 5. The fourth-order valence-electron chi connectivity index (χ4n) is 1.95. The molecule has 0 unspecified atom stereocenters. The van der Waals surface area contributed by atoms with Gasteiger partial charge in [-0.05, 0) is 43.5 Å². The maximum Gasteiger partial charge on any atom is 0.335 e. The van der Waals surface area contributed by atoms with E-state index in [1.807, 2.05) is 0 Å². The lowest BCUT2D eigenvalue weighted by atomic mass is 9.85. The first-order valence-electron chi connectivity index (χ1n) is 5.89. The first-order chi connectivity index (χ1) is 8.16. The van der Waals surface area contributed by atoms with Gasteiger partial charge in [-0.15, -0.1) is 0 Å². The maximum atomic E-state index is 13.4. The summed E-state index contributed by atoms with van der Waals surface area (Å²) < 4.78 is 13.4. The predicted molar refractivity (Wildman–Crippen MR) is 62.4 cm³/mol. The average molecular weight is 237 g/mol. The van der Waals surface area contributed by atoms with Crippen molar-refractivity contribution < 1.29 is 14.3 Å². The highest BCUT2D eigenvalue weighted by Gasteiger charge is 2.16. The summed E-state index contributed by atoms with van der Waals surface area (Å²) >= 11 is 0. The lowest BCUT2D eigenvalue weighted by molar-refractivity contribution is 0.0696. The van der Waals surface area contributed by atoms with Gasteiger partial charge in [-0.2, -0.15) is 0 Å². The van der Waals surface area contributed by atoms with Gasteiger partial charge < -0.3 is 10.4 Å². The Morgan fingerprint density at radius 1 is 1.47 bits per heavy atom. The Labute approximate surface area is 99.7 Å². The highest BCUT2D eigenvalue weighted by atomic mass is 19.1. The molecule has 0 atom stereocenters. The molecule has 1 saturated carbocycles. The van der Waals surface area contributed by atoms with Crippen molar-refractivity contribution in [3.05, 3.63) is 35.1 Å². The van der Waals surface area contributed by atoms with Gasteiger partial charge in [-0.3, -0.25) is 0 Å². The molecule has 2 N–H and O–H groups in total. The van der Waals surface area contributed by atoms with Gasteiger partial charge in [0.15, 0.2) is 0 Å². The van der Waals surface area contributed by atoms with Crippen molar-refractivity contribution in [3.63, 3.8) is 0 Å². The average Bonchev–Trinajstić information content (AvgIpc) is 2.23. The molecule has 92 valence electrons. The van der Waals surface area contributed by atoms with Crippen LogP contribution in [0.3, 0.4) is 0 Å². The Bertz CT molecular complexity index is 416. The SMILES string of the molecule is O=C(O)c1ccc(F)c(CNCC2CCC2)c1. The molecule has 4 heteroatoms. The van der Waals surface area contributed by atoms with E-state index < -0.39 is 5.97 Å². The molecule has 0 spiro atoms. The van der Waals surface area contributed by atoms with Crippen molar-refractivity contribution in [1.29, 1.82) is 0 Å². The second-order valence-electron chi connectivity index (χ2n) is 4.54. The normalized spacial score (nSPS) is 15.6. The molecule has 0 bridgehead atoms. The summed E-state index contributed by atoms with van der Waals surface area (Å²) in [6, 6.07) is 3.89. The predicted octanol–water partition coefficient (Wildman–Crippen LogP) is 2.41. The molecule has 0 aliphatic heterocycles. The number of hydrogen-bond acceptors (Lipinski definition) is 2. The van der Waals surface area contributed by atoms with Gasteiger partial charge in [-0.25, -0.2) is 9.18 Å². The van der Waals surface area contributed by atoms with E-state index >= 15 is 0 Å². The van der Waals surface area contributed by atoms with Crippen LogP contribution in [0.2, 0.25) is 0 Å². The van der Waals surface area contributed by atoms with Crippen LogP contribution in [0.5, 0.6) is 0 Å². The van der Waals surface area contributed by atoms with E-state index in [-0.39, 0.29) is 11.4 Å². The molecular formula is C13H16FNO2. The lowest BCUT2D eigenvalue weighted by Gasteiger charge is -2.25. The van der Waals surface area contributed by atoms with Crippen molar-refractivity contribution in [1.82, 2.24) is 5.32 Å². The molecule has 1 aromatic carbocycles. The van der Waals surface area contributed by atoms with Crippen molar-refractivity contribution in [2.45, 2.75) is 25.8 Å². The number of carbonyl (C=O) groups is 1. The second kappa shape index (κ2) is 5.27. The maximum absolute atomic E-state index is 13.4. The van der Waals surface area contributed by atoms with E-state index in [9.17, 15) is 9.18 Å². The first-order valence-corrected chi connectivity index (χ1v) is 5.89. The summed E-state index contributed by atoms with van der Waals surface area (Å²) in [5, 5.41) is 12.0. The van der Waals surface area contributed by atoms with E-state index in [2.05, 4.69) is 5.32 Å². The molecule has 0 heterocycles. The number of carboxylic acids is 1. The van der Waals surface area contributed by atoms with Crippen LogP contribution in [0.4, 0.5) is 4.39 Å². The Morgan fingerprint density at radius 2 is 2.24 bits per heavy atom. The third kappa shape index (κ3) is 3.03. The van der Waals surface area contributed by atoms with Crippen LogP contribution in [0, 0.1) is 11.7 Å². The second-order valence-corrected chi connectivity index (χ2v) is 4.54. The van der Waals surface area contributed by atoms with E-state index in [1.165, 1.54) is 37.5 Å². The summed E-state index contributed by atoms with van der Waals surface area (Å²) in [5.74, 6) is -0.665. The Hall–Kier alpha value is -1.42. The Balaban J connectivity index is 1.93. The third-order valence-corrected chi connectivity index (χ3v) is 3.27. The summed E-state index contributed by atoms with van der Waals surface area (Å²) in [5.41, 5.74) is 0.552. The molecule has 1 aromatic rings. The Kier molecular flexibility index (Phi) is 3.74. The fraction of sp³-hybridized carbons (Fsp3) is 0.462. The first kappa shape index (κ1) is 12.0. The quantitative estimate of drug-likeness (QED) is 0.826. The van der Waals surface area contributed by atoms with Gasteiger partial charge in [0.2, 0.25) is 0 Å². The van der Waals surface area contributed by atoms with Gasteiger partial charge in [0, 0.05) is 12.1 Å². The summed E-state index contributed by atoms with van der Waals surface area (Å²) in [6.45, 7) is 1.28. The molecule has 3 nitrogen and oxygen atoms in total. The molecule has 1 aliphatic rings. The van der Waals surface area contributed by atoms with Crippen molar-refractivity contribution in [2.75, 3.05) is 6.54 Å². The highest BCUT2D eigenvalue weighted by molar-refractivity contribution is 5.87. The number of halogens is 1. The third-order valence-electron chi connectivity index (χ3n) is 3.27. The highest BCUT2D eigenvalue weighted by Crippen LogP contribution is 2.25. The van der Waals surface area contributed by atoms with E-state index in [4.69, 9.17) is 5.11 Å². The summed E-state index contributed by atoms with van der Waals surface area (Å²) in [6.07, 6.45) is 3.77.